The van der Waals surface area contributed by atoms with Gasteiger partial charge in [-0.15, -0.1) is 0 Å². The molecule has 0 spiro atoms. The molecule has 0 aromatic heterocycles. The highest BCUT2D eigenvalue weighted by atomic mass is 16.7. The van der Waals surface area contributed by atoms with E-state index in [-0.39, 0.29) is 0 Å². The van der Waals surface area contributed by atoms with Crippen molar-refractivity contribution >= 4 is 11.9 Å². The van der Waals surface area contributed by atoms with Crippen LogP contribution in [-0.2, 0) is 28.5 Å². The molecule has 0 bridgehead atoms. The zero-order valence-corrected chi connectivity index (χ0v) is 17.1. The second-order valence-corrected chi connectivity index (χ2v) is 7.52. The van der Waals surface area contributed by atoms with Crippen molar-refractivity contribution in [2.75, 3.05) is 19.8 Å². The molecular formula is C17H30N2O13. The number of ether oxygens (including phenoxy) is 4. The minimum atomic E-state index is -1.81. The number of carboxylic acids is 1. The minimum absolute atomic E-state index is 0.558. The summed E-state index contributed by atoms with van der Waals surface area (Å²) in [6.07, 6.45) is -14.1. The molecule has 2 aliphatic heterocycles. The Morgan fingerprint density at radius 3 is 2.06 bits per heavy atom. The first kappa shape index (κ1) is 26.7. The fourth-order valence-corrected chi connectivity index (χ4v) is 3.36. The van der Waals surface area contributed by atoms with Gasteiger partial charge in [0.25, 0.3) is 0 Å². The predicted octanol–water partition coefficient (Wildman–Crippen LogP) is -5.82. The SMILES string of the molecule is CC(=O)N[C@H]1[C@H](OCC(N)C(=O)O)OC(CO)C(O)[C@@H]1O[C@@H]1OC(CO)C(O)[C@H](O)[C@H]1O. The Morgan fingerprint density at radius 2 is 1.53 bits per heavy atom. The molecule has 0 saturated carbocycles. The first-order chi connectivity index (χ1) is 15.0. The Labute approximate surface area is 182 Å². The van der Waals surface area contributed by atoms with Gasteiger partial charge in [-0.1, -0.05) is 0 Å². The van der Waals surface area contributed by atoms with Crippen molar-refractivity contribution in [3.63, 3.8) is 0 Å². The molecule has 15 heteroatoms. The highest BCUT2D eigenvalue weighted by molar-refractivity contribution is 5.73. The molecule has 0 radical (unpaired) electrons. The topological polar surface area (TPSA) is 251 Å². The first-order valence-corrected chi connectivity index (χ1v) is 9.79. The molecule has 0 aromatic rings. The van der Waals surface area contributed by atoms with E-state index in [9.17, 15) is 40.2 Å². The minimum Gasteiger partial charge on any atom is -0.480 e. The summed E-state index contributed by atoms with van der Waals surface area (Å²) in [7, 11) is 0. The zero-order chi connectivity index (χ0) is 24.2. The summed E-state index contributed by atoms with van der Waals surface area (Å²) in [5, 5.41) is 70.9. The lowest BCUT2D eigenvalue weighted by Crippen LogP contribution is -2.68. The summed E-state index contributed by atoms with van der Waals surface area (Å²) in [4.78, 5) is 22.7. The van der Waals surface area contributed by atoms with Crippen molar-refractivity contribution in [3.8, 4) is 0 Å². The lowest BCUT2D eigenvalue weighted by molar-refractivity contribution is -0.344. The fraction of sp³-hybridized carbons (Fsp3) is 0.882. The molecule has 186 valence electrons. The van der Waals surface area contributed by atoms with Crippen LogP contribution in [0.5, 0.6) is 0 Å². The number of carbonyl (C=O) groups is 2. The molecule has 10 N–H and O–H groups in total. The summed E-state index contributed by atoms with van der Waals surface area (Å²) in [6, 6.07) is -2.75. The van der Waals surface area contributed by atoms with E-state index in [1.807, 2.05) is 0 Å². The van der Waals surface area contributed by atoms with Gasteiger partial charge < -0.3 is 65.7 Å². The van der Waals surface area contributed by atoms with Crippen molar-refractivity contribution < 1.29 is 64.3 Å². The van der Waals surface area contributed by atoms with Crippen molar-refractivity contribution in [2.24, 2.45) is 5.73 Å². The molecule has 0 aromatic carbocycles. The number of aliphatic hydroxyl groups excluding tert-OH is 6. The number of hydrogen-bond acceptors (Lipinski definition) is 13. The molecule has 2 aliphatic rings. The maximum Gasteiger partial charge on any atom is 0.322 e. The standard InChI is InChI=1S/C17H30N2O13/c1-5(22)19-9-14(32-17-13(26)12(25)10(23)7(2-20)31-17)11(24)8(3-21)30-16(9)29-4-6(18)15(27)28/h6-14,16-17,20-21,23-26H,2-4,18H2,1H3,(H,19,22)(H,27,28)/t6?,7?,8?,9-,10?,11?,12+,13-,14-,16-,17+/m1/s1. The van der Waals surface area contributed by atoms with Crippen LogP contribution in [0.3, 0.4) is 0 Å². The number of hydrogen-bond donors (Lipinski definition) is 9. The summed E-state index contributed by atoms with van der Waals surface area (Å²) in [5.74, 6) is -1.99. The van der Waals surface area contributed by atoms with Gasteiger partial charge in [0.05, 0.1) is 19.8 Å². The summed E-state index contributed by atoms with van der Waals surface area (Å²) < 4.78 is 21.6. The molecule has 2 heterocycles. The Bertz CT molecular complexity index is 638. The molecular weight excluding hydrogens is 440 g/mol. The van der Waals surface area contributed by atoms with E-state index in [1.54, 1.807) is 0 Å². The molecule has 15 nitrogen and oxygen atoms in total. The van der Waals surface area contributed by atoms with Gasteiger partial charge >= 0.3 is 5.97 Å². The molecule has 2 rings (SSSR count). The van der Waals surface area contributed by atoms with Crippen LogP contribution in [0.1, 0.15) is 6.92 Å². The van der Waals surface area contributed by atoms with E-state index < -0.39 is 99.1 Å². The second kappa shape index (κ2) is 11.6. The van der Waals surface area contributed by atoms with Gasteiger partial charge in [-0.2, -0.15) is 0 Å². The Kier molecular flexibility index (Phi) is 9.68. The number of rotatable bonds is 9. The van der Waals surface area contributed by atoms with Gasteiger partial charge in [-0.3, -0.25) is 9.59 Å². The number of aliphatic hydroxyl groups is 6. The average Bonchev–Trinajstić information content (AvgIpc) is 2.74. The number of aliphatic carboxylic acids is 1. The van der Waals surface area contributed by atoms with Crippen LogP contribution in [-0.4, -0.2) is 135 Å². The van der Waals surface area contributed by atoms with E-state index in [4.69, 9.17) is 29.8 Å². The lowest BCUT2D eigenvalue weighted by Gasteiger charge is -2.47. The third-order valence-electron chi connectivity index (χ3n) is 5.12. The average molecular weight is 470 g/mol. The van der Waals surface area contributed by atoms with Crippen LogP contribution in [0.2, 0.25) is 0 Å². The molecule has 0 aliphatic carbocycles. The Balaban J connectivity index is 2.28. The van der Waals surface area contributed by atoms with Crippen molar-refractivity contribution in [3.05, 3.63) is 0 Å². The van der Waals surface area contributed by atoms with Crippen molar-refractivity contribution in [1.29, 1.82) is 0 Å². The van der Waals surface area contributed by atoms with Crippen LogP contribution < -0.4 is 11.1 Å². The maximum atomic E-state index is 11.7. The summed E-state index contributed by atoms with van der Waals surface area (Å²) in [6.45, 7) is -0.881. The molecule has 1 amide bonds. The third kappa shape index (κ3) is 6.09. The van der Waals surface area contributed by atoms with E-state index >= 15 is 0 Å². The first-order valence-electron chi connectivity index (χ1n) is 9.79. The normalized spacial score (nSPS) is 41.1. The fourth-order valence-electron chi connectivity index (χ4n) is 3.36. The summed E-state index contributed by atoms with van der Waals surface area (Å²) >= 11 is 0. The van der Waals surface area contributed by atoms with E-state index in [2.05, 4.69) is 5.32 Å². The molecule has 2 saturated heterocycles. The number of carbonyl (C=O) groups excluding carboxylic acids is 1. The summed E-state index contributed by atoms with van der Waals surface area (Å²) in [5.41, 5.74) is 5.41. The monoisotopic (exact) mass is 470 g/mol. The molecule has 2 fully saturated rings. The molecule has 32 heavy (non-hydrogen) atoms. The van der Waals surface area contributed by atoms with Crippen LogP contribution in [0.25, 0.3) is 0 Å². The van der Waals surface area contributed by atoms with Crippen molar-refractivity contribution in [1.82, 2.24) is 5.32 Å². The predicted molar refractivity (Wildman–Crippen MR) is 99.6 cm³/mol. The largest absolute Gasteiger partial charge is 0.480 e. The molecule has 5 unspecified atom stereocenters. The van der Waals surface area contributed by atoms with Gasteiger partial charge in [0.15, 0.2) is 12.6 Å². The number of carboxylic acid groups (broad SMARTS) is 1. The molecule has 11 atom stereocenters. The van der Waals surface area contributed by atoms with Gasteiger partial charge in [-0.05, 0) is 0 Å². The van der Waals surface area contributed by atoms with Gasteiger partial charge in [-0.25, -0.2) is 0 Å². The second-order valence-electron chi connectivity index (χ2n) is 7.52. The van der Waals surface area contributed by atoms with Gasteiger partial charge in [0, 0.05) is 6.92 Å². The number of amides is 1. The maximum absolute atomic E-state index is 11.7. The Morgan fingerprint density at radius 1 is 0.969 bits per heavy atom. The third-order valence-corrected chi connectivity index (χ3v) is 5.12. The van der Waals surface area contributed by atoms with E-state index in [1.165, 1.54) is 0 Å². The van der Waals surface area contributed by atoms with Crippen molar-refractivity contribution in [2.45, 2.75) is 74.3 Å². The van der Waals surface area contributed by atoms with Gasteiger partial charge in [0.2, 0.25) is 5.91 Å². The quantitative estimate of drug-likeness (QED) is 0.152. The zero-order valence-electron chi connectivity index (χ0n) is 17.1. The van der Waals surface area contributed by atoms with Gasteiger partial charge in [0.1, 0.15) is 54.8 Å². The number of nitrogens with one attached hydrogen (secondary N) is 1. The highest BCUT2D eigenvalue weighted by Gasteiger charge is 2.51. The van der Waals surface area contributed by atoms with Crippen LogP contribution >= 0.6 is 0 Å². The van der Waals surface area contributed by atoms with Crippen LogP contribution in [0, 0.1) is 0 Å². The number of nitrogens with two attached hydrogens (primary N) is 1. The van der Waals surface area contributed by atoms with Crippen LogP contribution in [0.15, 0.2) is 0 Å². The highest BCUT2D eigenvalue weighted by Crippen LogP contribution is 2.29. The van der Waals surface area contributed by atoms with E-state index in [0.29, 0.717) is 0 Å². The lowest BCUT2D eigenvalue weighted by atomic mass is 9.95. The Hall–Kier alpha value is -1.50. The van der Waals surface area contributed by atoms with Crippen LogP contribution in [0.4, 0.5) is 0 Å². The smallest absolute Gasteiger partial charge is 0.322 e. The van der Waals surface area contributed by atoms with E-state index in [0.717, 1.165) is 6.92 Å².